The van der Waals surface area contributed by atoms with E-state index in [4.69, 9.17) is 5.26 Å². The highest BCUT2D eigenvalue weighted by atomic mass is 32.2. The van der Waals surface area contributed by atoms with Gasteiger partial charge in [-0.2, -0.15) is 30.2 Å². The molecular formula is C13H13F3N2S. The van der Waals surface area contributed by atoms with Crippen LogP contribution in [-0.4, -0.2) is 17.0 Å². The third kappa shape index (κ3) is 3.16. The normalized spacial score (nSPS) is 23.1. The second-order valence-electron chi connectivity index (χ2n) is 4.49. The number of hydrogen-bond acceptors (Lipinski definition) is 3. The zero-order chi connectivity index (χ0) is 14.0. The van der Waals surface area contributed by atoms with Gasteiger partial charge >= 0.3 is 6.18 Å². The van der Waals surface area contributed by atoms with Gasteiger partial charge in [-0.1, -0.05) is 6.92 Å². The van der Waals surface area contributed by atoms with Crippen molar-refractivity contribution in [3.63, 3.8) is 0 Å². The lowest BCUT2D eigenvalue weighted by Crippen LogP contribution is -2.26. The van der Waals surface area contributed by atoms with E-state index in [9.17, 15) is 13.2 Å². The van der Waals surface area contributed by atoms with Crippen LogP contribution in [0.2, 0.25) is 0 Å². The van der Waals surface area contributed by atoms with Crippen molar-refractivity contribution < 1.29 is 13.2 Å². The van der Waals surface area contributed by atoms with E-state index in [1.807, 2.05) is 6.92 Å². The number of nitrogens with one attached hydrogen (secondary N) is 1. The molecule has 1 heterocycles. The fourth-order valence-corrected chi connectivity index (χ4v) is 3.29. The first-order valence-corrected chi connectivity index (χ1v) is 6.96. The molecule has 1 aliphatic heterocycles. The molecule has 1 aliphatic rings. The number of halogens is 3. The van der Waals surface area contributed by atoms with E-state index in [1.165, 1.54) is 12.1 Å². The Morgan fingerprint density at radius 3 is 2.68 bits per heavy atom. The van der Waals surface area contributed by atoms with E-state index in [0.29, 0.717) is 0 Å². The number of alkyl halides is 3. The summed E-state index contributed by atoms with van der Waals surface area (Å²) in [6, 6.07) is 5.43. The van der Waals surface area contributed by atoms with Crippen LogP contribution in [0.5, 0.6) is 0 Å². The van der Waals surface area contributed by atoms with E-state index < -0.39 is 11.7 Å². The van der Waals surface area contributed by atoms with Crippen molar-refractivity contribution in [1.29, 1.82) is 5.26 Å². The van der Waals surface area contributed by atoms with Crippen molar-refractivity contribution in [1.82, 2.24) is 0 Å². The number of nitrogens with zero attached hydrogens (tertiary/aromatic N) is 1. The van der Waals surface area contributed by atoms with Gasteiger partial charge in [0.1, 0.15) is 0 Å². The molecule has 0 amide bonds. The maximum atomic E-state index is 13.0. The number of nitriles is 1. The Balaban J connectivity index is 2.32. The van der Waals surface area contributed by atoms with Gasteiger partial charge in [-0.25, -0.2) is 0 Å². The van der Waals surface area contributed by atoms with Gasteiger partial charge < -0.3 is 5.32 Å². The largest absolute Gasteiger partial charge is 0.418 e. The van der Waals surface area contributed by atoms with E-state index in [1.54, 1.807) is 17.8 Å². The smallest absolute Gasteiger partial charge is 0.381 e. The van der Waals surface area contributed by atoms with Crippen LogP contribution in [0, 0.1) is 11.3 Å². The van der Waals surface area contributed by atoms with Crippen molar-refractivity contribution in [3.8, 4) is 6.07 Å². The summed E-state index contributed by atoms with van der Waals surface area (Å²) in [6.45, 7) is 2.01. The monoisotopic (exact) mass is 286 g/mol. The molecule has 2 nitrogen and oxygen atoms in total. The average molecular weight is 286 g/mol. The molecule has 1 aromatic carbocycles. The molecule has 0 aliphatic carbocycles. The maximum absolute atomic E-state index is 13.0. The van der Waals surface area contributed by atoms with Crippen molar-refractivity contribution in [2.75, 3.05) is 11.1 Å². The molecule has 2 atom stereocenters. The molecule has 2 unspecified atom stereocenters. The molecule has 1 N–H and O–H groups in total. The first-order chi connectivity index (χ1) is 8.91. The lowest BCUT2D eigenvalue weighted by molar-refractivity contribution is -0.137. The maximum Gasteiger partial charge on any atom is 0.418 e. The van der Waals surface area contributed by atoms with Crippen molar-refractivity contribution in [2.45, 2.75) is 30.8 Å². The summed E-state index contributed by atoms with van der Waals surface area (Å²) in [5, 5.41) is 12.0. The third-order valence-electron chi connectivity index (χ3n) is 3.17. The second-order valence-corrected chi connectivity index (χ2v) is 5.97. The second kappa shape index (κ2) is 5.33. The van der Waals surface area contributed by atoms with Crippen molar-refractivity contribution >= 4 is 17.4 Å². The summed E-state index contributed by atoms with van der Waals surface area (Å²) in [6.07, 6.45) is -3.60. The number of rotatable bonds is 2. The van der Waals surface area contributed by atoms with Crippen LogP contribution >= 0.6 is 11.8 Å². The average Bonchev–Trinajstić information content (AvgIpc) is 2.74. The molecule has 0 spiro atoms. The quantitative estimate of drug-likeness (QED) is 0.896. The molecule has 1 fully saturated rings. The first-order valence-electron chi connectivity index (χ1n) is 5.91. The van der Waals surface area contributed by atoms with E-state index in [2.05, 4.69) is 5.32 Å². The number of hydrogen-bond donors (Lipinski definition) is 1. The highest BCUT2D eigenvalue weighted by Gasteiger charge is 2.35. The molecule has 19 heavy (non-hydrogen) atoms. The Bertz CT molecular complexity index is 508. The van der Waals surface area contributed by atoms with Gasteiger partial charge in [-0.3, -0.25) is 0 Å². The zero-order valence-corrected chi connectivity index (χ0v) is 11.1. The lowest BCUT2D eigenvalue weighted by Gasteiger charge is -2.21. The Labute approximate surface area is 114 Å². The summed E-state index contributed by atoms with van der Waals surface area (Å²) in [7, 11) is 0. The minimum Gasteiger partial charge on any atom is -0.381 e. The molecule has 1 aromatic rings. The van der Waals surface area contributed by atoms with Gasteiger partial charge in [-0.05, 0) is 30.4 Å². The Morgan fingerprint density at radius 1 is 1.42 bits per heavy atom. The van der Waals surface area contributed by atoms with Gasteiger partial charge in [-0.15, -0.1) is 0 Å². The Morgan fingerprint density at radius 2 is 2.16 bits per heavy atom. The highest BCUT2D eigenvalue weighted by Crippen LogP contribution is 2.37. The molecular weight excluding hydrogens is 273 g/mol. The first kappa shape index (κ1) is 14.1. The summed E-state index contributed by atoms with van der Waals surface area (Å²) in [5.41, 5.74) is -0.687. The minimum atomic E-state index is -4.45. The fraction of sp³-hybridized carbons (Fsp3) is 0.462. The van der Waals surface area contributed by atoms with Gasteiger partial charge in [0.15, 0.2) is 0 Å². The van der Waals surface area contributed by atoms with Crippen molar-refractivity contribution in [2.24, 2.45) is 0 Å². The molecule has 102 valence electrons. The van der Waals surface area contributed by atoms with Crippen LogP contribution in [0.3, 0.4) is 0 Å². The third-order valence-corrected chi connectivity index (χ3v) is 4.50. The van der Waals surface area contributed by atoms with Crippen LogP contribution in [-0.2, 0) is 6.18 Å². The molecule has 0 saturated carbocycles. The van der Waals surface area contributed by atoms with Crippen LogP contribution < -0.4 is 5.32 Å². The van der Waals surface area contributed by atoms with Crippen molar-refractivity contribution in [3.05, 3.63) is 29.3 Å². The molecule has 0 aromatic heterocycles. The zero-order valence-electron chi connectivity index (χ0n) is 10.3. The Hall–Kier alpha value is -1.35. The topological polar surface area (TPSA) is 35.8 Å². The Kier molecular flexibility index (Phi) is 3.95. The SMILES string of the molecule is CC1SCCC1Nc1ccc(C#N)cc1C(F)(F)F. The summed E-state index contributed by atoms with van der Waals surface area (Å²) in [5.74, 6) is 0.955. The summed E-state index contributed by atoms with van der Waals surface area (Å²) < 4.78 is 38.9. The minimum absolute atomic E-state index is 0.0201. The highest BCUT2D eigenvalue weighted by molar-refractivity contribution is 8.00. The predicted molar refractivity (Wildman–Crippen MR) is 70.1 cm³/mol. The van der Waals surface area contributed by atoms with E-state index in [0.717, 1.165) is 18.2 Å². The van der Waals surface area contributed by atoms with Crippen LogP contribution in [0.15, 0.2) is 18.2 Å². The van der Waals surface area contributed by atoms with Gasteiger partial charge in [0.05, 0.1) is 17.2 Å². The van der Waals surface area contributed by atoms with E-state index in [-0.39, 0.29) is 22.5 Å². The van der Waals surface area contributed by atoms with Crippen LogP contribution in [0.4, 0.5) is 18.9 Å². The number of thioether (sulfide) groups is 1. The van der Waals surface area contributed by atoms with E-state index >= 15 is 0 Å². The molecule has 2 rings (SSSR count). The predicted octanol–water partition coefficient (Wildman–Crippen LogP) is 3.88. The van der Waals surface area contributed by atoms with Gasteiger partial charge in [0.2, 0.25) is 0 Å². The number of benzene rings is 1. The van der Waals surface area contributed by atoms with Gasteiger partial charge in [0.25, 0.3) is 0 Å². The molecule has 0 bridgehead atoms. The van der Waals surface area contributed by atoms with Crippen LogP contribution in [0.25, 0.3) is 0 Å². The standard InChI is InChI=1S/C13H13F3N2S/c1-8-11(4-5-19-8)18-12-3-2-9(7-17)6-10(12)13(14,15)16/h2-3,6,8,11,18H,4-5H2,1H3. The molecule has 6 heteroatoms. The summed E-state index contributed by atoms with van der Waals surface area (Å²) >= 11 is 1.75. The molecule has 1 saturated heterocycles. The van der Waals surface area contributed by atoms with Crippen LogP contribution in [0.1, 0.15) is 24.5 Å². The fourth-order valence-electron chi connectivity index (χ4n) is 2.10. The van der Waals surface area contributed by atoms with Gasteiger partial charge in [0, 0.05) is 17.0 Å². The summed E-state index contributed by atoms with van der Waals surface area (Å²) in [4.78, 5) is 0. The molecule has 0 radical (unpaired) electrons. The number of anilines is 1. The lowest BCUT2D eigenvalue weighted by atomic mass is 10.1.